The van der Waals surface area contributed by atoms with Gasteiger partial charge in [0.25, 0.3) is 5.78 Å². The molecule has 1 unspecified atom stereocenters. The van der Waals surface area contributed by atoms with Gasteiger partial charge in [-0.2, -0.15) is 0 Å². The predicted molar refractivity (Wildman–Crippen MR) is 131 cm³/mol. The van der Waals surface area contributed by atoms with E-state index in [1.165, 1.54) is 30.5 Å². The fourth-order valence-corrected chi connectivity index (χ4v) is 5.04. The van der Waals surface area contributed by atoms with Gasteiger partial charge in [0.2, 0.25) is 0 Å². The first-order valence-corrected chi connectivity index (χ1v) is 11.6. The van der Waals surface area contributed by atoms with Gasteiger partial charge in [0.15, 0.2) is 22.4 Å². The van der Waals surface area contributed by atoms with Crippen molar-refractivity contribution in [3.8, 4) is 11.5 Å². The van der Waals surface area contributed by atoms with Crippen molar-refractivity contribution in [3.05, 3.63) is 76.2 Å². The number of ketones is 1. The largest absolute Gasteiger partial charge is 0.505 e. The zero-order valence-corrected chi connectivity index (χ0v) is 20.3. The van der Waals surface area contributed by atoms with Crippen LogP contribution in [0.5, 0.6) is 11.5 Å². The van der Waals surface area contributed by atoms with E-state index in [1.54, 1.807) is 36.7 Å². The summed E-state index contributed by atoms with van der Waals surface area (Å²) < 4.78 is 12.6. The Kier molecular flexibility index (Phi) is 5.52. The van der Waals surface area contributed by atoms with Gasteiger partial charge in [-0.3, -0.25) is 14.5 Å². The number of benzene rings is 1. The van der Waals surface area contributed by atoms with E-state index >= 15 is 0 Å². The number of aryl methyl sites for hydroxylation is 2. The highest BCUT2D eigenvalue weighted by Crippen LogP contribution is 2.44. The summed E-state index contributed by atoms with van der Waals surface area (Å²) in [6.07, 6.45) is 3.39. The Balaban J connectivity index is 1.77. The quantitative estimate of drug-likeness (QED) is 0.256. The number of fused-ring (bicyclic) bond motifs is 1. The molecule has 1 N–H and O–H groups in total. The summed E-state index contributed by atoms with van der Waals surface area (Å²) in [6.45, 7) is 3.72. The molecule has 1 aliphatic rings. The van der Waals surface area contributed by atoms with E-state index in [-0.39, 0.29) is 17.0 Å². The summed E-state index contributed by atoms with van der Waals surface area (Å²) in [5, 5.41) is 13.5. The maximum atomic E-state index is 13.4. The Hall–Kier alpha value is -4.18. The van der Waals surface area contributed by atoms with Crippen molar-refractivity contribution < 1.29 is 24.2 Å². The molecule has 178 valence electrons. The normalized spacial score (nSPS) is 17.4. The molecule has 0 saturated carbocycles. The number of hydrogen-bond acceptors (Lipinski definition) is 8. The predicted octanol–water partition coefficient (Wildman–Crippen LogP) is 4.05. The molecule has 4 heterocycles. The van der Waals surface area contributed by atoms with Crippen LogP contribution in [0.3, 0.4) is 0 Å². The second-order valence-electron chi connectivity index (χ2n) is 8.03. The molecule has 1 saturated heterocycles. The zero-order chi connectivity index (χ0) is 24.9. The number of nitrogens with zero attached hydrogens (tertiary/aromatic N) is 4. The molecule has 1 aromatic carbocycles. The number of imidazole rings is 1. The number of Topliss-reactive ketones (excluding diaryl/α,β-unsaturated/α-hetero) is 1. The van der Waals surface area contributed by atoms with E-state index < -0.39 is 17.7 Å². The zero-order valence-electron chi connectivity index (χ0n) is 19.5. The number of hydrogen-bond donors (Lipinski definition) is 1. The van der Waals surface area contributed by atoms with Gasteiger partial charge in [0.05, 0.1) is 31.5 Å². The van der Waals surface area contributed by atoms with Gasteiger partial charge >= 0.3 is 5.91 Å². The van der Waals surface area contributed by atoms with Gasteiger partial charge in [-0.25, -0.2) is 9.97 Å². The topological polar surface area (TPSA) is 106 Å². The molecule has 10 heteroatoms. The molecule has 4 aromatic rings. The van der Waals surface area contributed by atoms with Crippen LogP contribution in [0.2, 0.25) is 0 Å². The van der Waals surface area contributed by atoms with Gasteiger partial charge in [-0.15, -0.1) is 11.3 Å². The van der Waals surface area contributed by atoms with Gasteiger partial charge in [-0.1, -0.05) is 12.1 Å². The Morgan fingerprint density at radius 2 is 1.89 bits per heavy atom. The van der Waals surface area contributed by atoms with Gasteiger partial charge in [0.1, 0.15) is 11.3 Å². The number of aliphatic hydroxyl groups excluding tert-OH is 1. The molecule has 0 spiro atoms. The Labute approximate surface area is 204 Å². The maximum absolute atomic E-state index is 13.4. The summed E-state index contributed by atoms with van der Waals surface area (Å²) in [5.41, 5.74) is 2.94. The van der Waals surface area contributed by atoms with Gasteiger partial charge in [0, 0.05) is 17.8 Å². The van der Waals surface area contributed by atoms with Crippen molar-refractivity contribution in [2.45, 2.75) is 19.9 Å². The highest BCUT2D eigenvalue weighted by molar-refractivity contribution is 7.14. The monoisotopic (exact) mass is 490 g/mol. The van der Waals surface area contributed by atoms with Crippen LogP contribution in [0, 0.1) is 13.8 Å². The third-order valence-corrected chi connectivity index (χ3v) is 6.87. The van der Waals surface area contributed by atoms with Crippen LogP contribution in [-0.4, -0.2) is 45.4 Å². The van der Waals surface area contributed by atoms with Crippen LogP contribution >= 0.6 is 11.3 Å². The second kappa shape index (κ2) is 8.55. The smallest absolute Gasteiger partial charge is 0.301 e. The number of rotatable bonds is 5. The Bertz CT molecular complexity index is 1510. The number of carbonyl (C=O) groups is 2. The summed E-state index contributed by atoms with van der Waals surface area (Å²) in [6, 6.07) is 7.96. The van der Waals surface area contributed by atoms with E-state index in [2.05, 4.69) is 9.97 Å². The van der Waals surface area contributed by atoms with Crippen molar-refractivity contribution in [2.75, 3.05) is 19.1 Å². The third-order valence-electron chi connectivity index (χ3n) is 6.10. The Morgan fingerprint density at radius 3 is 2.54 bits per heavy atom. The Morgan fingerprint density at radius 1 is 1.11 bits per heavy atom. The molecule has 1 atom stereocenters. The first kappa shape index (κ1) is 22.6. The van der Waals surface area contributed by atoms with E-state index in [0.29, 0.717) is 33.5 Å². The van der Waals surface area contributed by atoms with Crippen molar-refractivity contribution in [2.24, 2.45) is 0 Å². The minimum Gasteiger partial charge on any atom is -0.505 e. The number of anilines is 1. The first-order chi connectivity index (χ1) is 16.9. The van der Waals surface area contributed by atoms with E-state index in [4.69, 9.17) is 9.47 Å². The number of methoxy groups -OCH3 is 2. The first-order valence-electron chi connectivity index (χ1n) is 10.7. The highest BCUT2D eigenvalue weighted by Gasteiger charge is 2.48. The lowest BCUT2D eigenvalue weighted by atomic mass is 9.96. The van der Waals surface area contributed by atoms with Crippen molar-refractivity contribution in [1.29, 1.82) is 0 Å². The summed E-state index contributed by atoms with van der Waals surface area (Å²) in [5.74, 6) is -1.02. The van der Waals surface area contributed by atoms with Crippen molar-refractivity contribution >= 4 is 39.6 Å². The van der Waals surface area contributed by atoms with Gasteiger partial charge in [-0.05, 0) is 43.2 Å². The number of carbonyl (C=O) groups excluding carboxylic acids is 2. The molecular formula is C25H22N4O5S. The van der Waals surface area contributed by atoms with Crippen molar-refractivity contribution in [1.82, 2.24) is 14.4 Å². The molecule has 1 amide bonds. The molecule has 0 radical (unpaired) electrons. The molecule has 35 heavy (non-hydrogen) atoms. The number of ether oxygens (including phenoxy) is 2. The maximum Gasteiger partial charge on any atom is 0.301 e. The van der Waals surface area contributed by atoms with Crippen molar-refractivity contribution in [3.63, 3.8) is 0 Å². The van der Waals surface area contributed by atoms with E-state index in [0.717, 1.165) is 5.56 Å². The number of pyridine rings is 1. The van der Waals surface area contributed by atoms with Crippen LogP contribution in [0.4, 0.5) is 5.13 Å². The fourth-order valence-electron chi connectivity index (χ4n) is 4.38. The molecular weight excluding hydrogens is 468 g/mol. The molecule has 0 aliphatic carbocycles. The van der Waals surface area contributed by atoms with E-state index in [1.807, 2.05) is 29.7 Å². The van der Waals surface area contributed by atoms with Crippen LogP contribution < -0.4 is 14.4 Å². The molecule has 0 bridgehead atoms. The number of aromatic nitrogens is 3. The highest BCUT2D eigenvalue weighted by atomic mass is 32.1. The van der Waals surface area contributed by atoms with Crippen LogP contribution in [0.15, 0.2) is 53.7 Å². The summed E-state index contributed by atoms with van der Waals surface area (Å²) >= 11 is 1.22. The molecule has 1 aliphatic heterocycles. The second-order valence-corrected chi connectivity index (χ2v) is 8.90. The number of thiazole rings is 1. The summed E-state index contributed by atoms with van der Waals surface area (Å²) in [7, 11) is 3.02. The van der Waals surface area contributed by atoms with Crippen LogP contribution in [-0.2, 0) is 9.59 Å². The average Bonchev–Trinajstić information content (AvgIpc) is 3.57. The summed E-state index contributed by atoms with van der Waals surface area (Å²) in [4.78, 5) is 36.8. The molecule has 9 nitrogen and oxygen atoms in total. The fraction of sp³-hybridized carbons (Fsp3) is 0.200. The van der Waals surface area contributed by atoms with Crippen LogP contribution in [0.25, 0.3) is 11.4 Å². The lowest BCUT2D eigenvalue weighted by Gasteiger charge is -2.23. The van der Waals surface area contributed by atoms with Crippen LogP contribution in [0.1, 0.15) is 28.6 Å². The average molecular weight is 491 g/mol. The molecule has 3 aromatic heterocycles. The molecule has 1 fully saturated rings. The minimum absolute atomic E-state index is 0.0680. The third kappa shape index (κ3) is 3.45. The van der Waals surface area contributed by atoms with E-state index in [9.17, 15) is 14.7 Å². The molecule has 5 rings (SSSR count). The minimum atomic E-state index is -0.939. The van der Waals surface area contributed by atoms with Gasteiger partial charge < -0.3 is 19.0 Å². The SMILES string of the molecule is COc1ccc(C2/C(=C(\O)c3nc4c(C)cccn4c3C)C(=O)C(=O)N2c2nccs2)cc1OC. The number of aliphatic hydroxyl groups is 1. The standard InChI is InChI=1S/C25H22N4O5S/c1-13-6-5-10-28-14(2)19(27-23(13)28)21(30)18-20(15-7-8-16(33-3)17(12-15)34-4)29(24(32)22(18)31)25-26-9-11-35-25/h5-12,20,30H,1-4H3/b21-18+. The number of amides is 1. The lowest BCUT2D eigenvalue weighted by Crippen LogP contribution is -2.29. The lowest BCUT2D eigenvalue weighted by molar-refractivity contribution is -0.132.